The van der Waals surface area contributed by atoms with E-state index in [1.165, 1.54) is 17.5 Å². The fourth-order valence-electron chi connectivity index (χ4n) is 2.19. The van der Waals surface area contributed by atoms with Crippen LogP contribution < -0.4 is 10.6 Å². The Morgan fingerprint density at radius 1 is 1.23 bits per heavy atom. The molecule has 0 radical (unpaired) electrons. The van der Waals surface area contributed by atoms with Crippen LogP contribution in [0.5, 0.6) is 0 Å². The summed E-state index contributed by atoms with van der Waals surface area (Å²) in [6.45, 7) is 2.70. The molecule has 3 aromatic rings. The van der Waals surface area contributed by atoms with Crippen molar-refractivity contribution in [2.45, 2.75) is 6.92 Å². The molecule has 3 heterocycles. The molecule has 3 aromatic heterocycles. The minimum Gasteiger partial charge on any atom is -0.367 e. The minimum absolute atomic E-state index is 0.167. The van der Waals surface area contributed by atoms with Crippen molar-refractivity contribution < 1.29 is 4.79 Å². The first-order valence-corrected chi connectivity index (χ1v) is 9.34. The van der Waals surface area contributed by atoms with E-state index in [0.29, 0.717) is 39.5 Å². The van der Waals surface area contributed by atoms with Crippen LogP contribution in [0.25, 0.3) is 10.7 Å². The number of carbonyl (C=O) groups excluding carboxylic acids is 1. The standard InChI is InChI=1S/C17H15Cl2N5OS/c1-10-14(26-17(24-10)13-4-2-3-5-20-13)16(25)22-7-6-21-15-12(19)8-11(18)9-23-15/h2-5,8-9H,6-7H2,1H3,(H,21,23)(H,22,25). The third-order valence-corrected chi connectivity index (χ3v) is 5.07. The van der Waals surface area contributed by atoms with Crippen LogP contribution in [0, 0.1) is 6.92 Å². The molecule has 6 nitrogen and oxygen atoms in total. The smallest absolute Gasteiger partial charge is 0.263 e. The molecule has 0 saturated heterocycles. The number of hydrogen-bond donors (Lipinski definition) is 2. The van der Waals surface area contributed by atoms with Crippen molar-refractivity contribution in [3.63, 3.8) is 0 Å². The van der Waals surface area contributed by atoms with Crippen LogP contribution in [0.15, 0.2) is 36.7 Å². The molecule has 2 N–H and O–H groups in total. The van der Waals surface area contributed by atoms with Crippen molar-refractivity contribution in [1.29, 1.82) is 0 Å². The molecular weight excluding hydrogens is 393 g/mol. The zero-order chi connectivity index (χ0) is 18.5. The minimum atomic E-state index is -0.167. The van der Waals surface area contributed by atoms with Crippen molar-refractivity contribution in [3.8, 4) is 10.7 Å². The van der Waals surface area contributed by atoms with E-state index in [2.05, 4.69) is 25.6 Å². The molecule has 3 rings (SSSR count). The lowest BCUT2D eigenvalue weighted by Gasteiger charge is -2.08. The summed E-state index contributed by atoms with van der Waals surface area (Å²) in [5.74, 6) is 0.357. The molecule has 0 aliphatic rings. The van der Waals surface area contributed by atoms with Crippen LogP contribution in [0.4, 0.5) is 5.82 Å². The van der Waals surface area contributed by atoms with E-state index in [9.17, 15) is 4.79 Å². The normalized spacial score (nSPS) is 10.6. The highest BCUT2D eigenvalue weighted by molar-refractivity contribution is 7.17. The molecule has 0 fully saturated rings. The van der Waals surface area contributed by atoms with Gasteiger partial charge in [-0.2, -0.15) is 0 Å². The average molecular weight is 408 g/mol. The number of anilines is 1. The third-order valence-electron chi connectivity index (χ3n) is 3.40. The highest BCUT2D eigenvalue weighted by Crippen LogP contribution is 2.26. The number of hydrogen-bond acceptors (Lipinski definition) is 6. The Morgan fingerprint density at radius 2 is 2.08 bits per heavy atom. The first-order valence-electron chi connectivity index (χ1n) is 7.76. The second-order valence-electron chi connectivity index (χ2n) is 5.32. The summed E-state index contributed by atoms with van der Waals surface area (Å²) in [7, 11) is 0. The Kier molecular flexibility index (Phi) is 6.03. The summed E-state index contributed by atoms with van der Waals surface area (Å²) < 4.78 is 0. The number of nitrogens with zero attached hydrogens (tertiary/aromatic N) is 3. The summed E-state index contributed by atoms with van der Waals surface area (Å²) in [6.07, 6.45) is 3.21. The number of carbonyl (C=O) groups is 1. The number of aryl methyl sites for hydroxylation is 1. The maximum absolute atomic E-state index is 12.4. The first-order chi connectivity index (χ1) is 12.5. The predicted molar refractivity (Wildman–Crippen MR) is 105 cm³/mol. The lowest BCUT2D eigenvalue weighted by atomic mass is 10.3. The number of thiazole rings is 1. The molecule has 0 aliphatic carbocycles. The second-order valence-corrected chi connectivity index (χ2v) is 7.16. The SMILES string of the molecule is Cc1nc(-c2ccccn2)sc1C(=O)NCCNc1ncc(Cl)cc1Cl. The van der Waals surface area contributed by atoms with Gasteiger partial charge >= 0.3 is 0 Å². The van der Waals surface area contributed by atoms with E-state index < -0.39 is 0 Å². The van der Waals surface area contributed by atoms with Crippen LogP contribution in [-0.4, -0.2) is 33.9 Å². The topological polar surface area (TPSA) is 79.8 Å². The van der Waals surface area contributed by atoms with Gasteiger partial charge in [-0.15, -0.1) is 11.3 Å². The fraction of sp³-hybridized carbons (Fsp3) is 0.176. The van der Waals surface area contributed by atoms with Gasteiger partial charge in [0.1, 0.15) is 15.7 Å². The summed E-state index contributed by atoms with van der Waals surface area (Å²) in [5, 5.41) is 7.54. The maximum atomic E-state index is 12.4. The predicted octanol–water partition coefficient (Wildman–Crippen LogP) is 4.06. The molecular formula is C17H15Cl2N5OS. The van der Waals surface area contributed by atoms with Crippen LogP contribution >= 0.6 is 34.5 Å². The van der Waals surface area contributed by atoms with Crippen LogP contribution in [0.1, 0.15) is 15.4 Å². The molecule has 0 bridgehead atoms. The zero-order valence-electron chi connectivity index (χ0n) is 13.8. The molecule has 0 spiro atoms. The van der Waals surface area contributed by atoms with Gasteiger partial charge in [0, 0.05) is 25.5 Å². The Bertz CT molecular complexity index is 917. The van der Waals surface area contributed by atoms with Crippen molar-refractivity contribution in [3.05, 3.63) is 57.3 Å². The summed E-state index contributed by atoms with van der Waals surface area (Å²) in [6, 6.07) is 7.20. The van der Waals surface area contributed by atoms with Crippen molar-refractivity contribution >= 4 is 46.3 Å². The summed E-state index contributed by atoms with van der Waals surface area (Å²) in [4.78, 5) is 25.8. The number of pyridine rings is 2. The number of amides is 1. The van der Waals surface area contributed by atoms with E-state index in [4.69, 9.17) is 23.2 Å². The molecule has 0 unspecified atom stereocenters. The van der Waals surface area contributed by atoms with Crippen LogP contribution in [0.3, 0.4) is 0 Å². The van der Waals surface area contributed by atoms with Gasteiger partial charge in [-0.1, -0.05) is 29.3 Å². The number of rotatable bonds is 6. The lowest BCUT2D eigenvalue weighted by Crippen LogP contribution is -2.28. The quantitative estimate of drug-likeness (QED) is 0.602. The van der Waals surface area contributed by atoms with E-state index >= 15 is 0 Å². The number of nitrogens with one attached hydrogen (secondary N) is 2. The lowest BCUT2D eigenvalue weighted by molar-refractivity contribution is 0.0958. The van der Waals surface area contributed by atoms with E-state index in [1.54, 1.807) is 12.3 Å². The third kappa shape index (κ3) is 4.49. The average Bonchev–Trinajstić information content (AvgIpc) is 3.03. The van der Waals surface area contributed by atoms with E-state index in [-0.39, 0.29) is 5.91 Å². The van der Waals surface area contributed by atoms with Crippen LogP contribution in [-0.2, 0) is 0 Å². The maximum Gasteiger partial charge on any atom is 0.263 e. The molecule has 1 amide bonds. The van der Waals surface area contributed by atoms with Gasteiger partial charge in [0.2, 0.25) is 0 Å². The van der Waals surface area contributed by atoms with Gasteiger partial charge in [-0.05, 0) is 25.1 Å². The summed E-state index contributed by atoms with van der Waals surface area (Å²) >= 11 is 13.2. The number of halogens is 2. The van der Waals surface area contributed by atoms with Gasteiger partial charge in [-0.25, -0.2) is 9.97 Å². The molecule has 0 atom stereocenters. The van der Waals surface area contributed by atoms with Gasteiger partial charge in [-0.3, -0.25) is 9.78 Å². The Hall–Kier alpha value is -2.22. The Labute approximate surface area is 164 Å². The monoisotopic (exact) mass is 407 g/mol. The highest BCUT2D eigenvalue weighted by atomic mass is 35.5. The zero-order valence-corrected chi connectivity index (χ0v) is 16.1. The Balaban J connectivity index is 1.56. The molecule has 26 heavy (non-hydrogen) atoms. The van der Waals surface area contributed by atoms with Crippen molar-refractivity contribution in [1.82, 2.24) is 20.3 Å². The van der Waals surface area contributed by atoms with Crippen molar-refractivity contribution in [2.24, 2.45) is 0 Å². The second kappa shape index (κ2) is 8.44. The Morgan fingerprint density at radius 3 is 2.81 bits per heavy atom. The van der Waals surface area contributed by atoms with Gasteiger partial charge < -0.3 is 10.6 Å². The van der Waals surface area contributed by atoms with E-state index in [1.807, 2.05) is 25.1 Å². The fourth-order valence-corrected chi connectivity index (χ4v) is 3.59. The van der Waals surface area contributed by atoms with Crippen LogP contribution in [0.2, 0.25) is 10.0 Å². The molecule has 9 heteroatoms. The molecule has 0 saturated carbocycles. The largest absolute Gasteiger partial charge is 0.367 e. The first kappa shape index (κ1) is 18.6. The van der Waals surface area contributed by atoms with Gasteiger partial charge in [0.15, 0.2) is 0 Å². The van der Waals surface area contributed by atoms with Gasteiger partial charge in [0.05, 0.1) is 21.4 Å². The van der Waals surface area contributed by atoms with Crippen molar-refractivity contribution in [2.75, 3.05) is 18.4 Å². The molecule has 0 aliphatic heterocycles. The molecule has 134 valence electrons. The van der Waals surface area contributed by atoms with E-state index in [0.717, 1.165) is 10.7 Å². The highest BCUT2D eigenvalue weighted by Gasteiger charge is 2.16. The number of aromatic nitrogens is 3. The summed E-state index contributed by atoms with van der Waals surface area (Å²) in [5.41, 5.74) is 1.44. The van der Waals surface area contributed by atoms with Gasteiger partial charge in [0.25, 0.3) is 5.91 Å². The molecule has 0 aromatic carbocycles.